The van der Waals surface area contributed by atoms with Crippen LogP contribution in [0, 0.1) is 6.92 Å². The molecule has 1 aliphatic rings. The zero-order valence-corrected chi connectivity index (χ0v) is 13.2. The van der Waals surface area contributed by atoms with Crippen molar-refractivity contribution in [1.29, 1.82) is 0 Å². The maximum atomic E-state index is 12.0. The predicted octanol–water partition coefficient (Wildman–Crippen LogP) is 2.07. The Balaban J connectivity index is 0.00000176. The number of hydrogen-bond donors (Lipinski definition) is 2. The number of carbonyl (C=O) groups excluding carboxylic acids is 1. The monoisotopic (exact) mass is 322 g/mol. The van der Waals surface area contributed by atoms with Crippen molar-refractivity contribution in [2.24, 2.45) is 0 Å². The highest BCUT2D eigenvalue weighted by molar-refractivity contribution is 6.02. The van der Waals surface area contributed by atoms with Gasteiger partial charge < -0.3 is 20.0 Å². The number of halogens is 1. The number of pyridine rings is 1. The highest BCUT2D eigenvalue weighted by Gasteiger charge is 2.14. The molecule has 3 rings (SSSR count). The minimum atomic E-state index is -0.278. The molecule has 1 aliphatic heterocycles. The largest absolute Gasteiger partial charge is 0.459 e. The van der Waals surface area contributed by atoms with Crippen LogP contribution in [0.1, 0.15) is 16.1 Å². The van der Waals surface area contributed by atoms with Crippen LogP contribution in [0.4, 0.5) is 11.5 Å². The summed E-state index contributed by atoms with van der Waals surface area (Å²) in [6.07, 6.45) is 3.29. The third kappa shape index (κ3) is 3.58. The first-order chi connectivity index (χ1) is 10.2. The first-order valence-corrected chi connectivity index (χ1v) is 7.01. The van der Waals surface area contributed by atoms with Gasteiger partial charge in [-0.2, -0.15) is 0 Å². The van der Waals surface area contributed by atoms with E-state index < -0.39 is 0 Å². The highest BCUT2D eigenvalue weighted by atomic mass is 35.5. The van der Waals surface area contributed by atoms with Gasteiger partial charge in [0.1, 0.15) is 5.82 Å². The Morgan fingerprint density at radius 1 is 1.32 bits per heavy atom. The van der Waals surface area contributed by atoms with Crippen molar-refractivity contribution in [2.45, 2.75) is 6.92 Å². The van der Waals surface area contributed by atoms with Crippen LogP contribution < -0.4 is 15.5 Å². The number of hydrogen-bond acceptors (Lipinski definition) is 5. The molecule has 1 amide bonds. The van der Waals surface area contributed by atoms with E-state index in [4.69, 9.17) is 4.42 Å². The lowest BCUT2D eigenvalue weighted by molar-refractivity contribution is 0.0995. The van der Waals surface area contributed by atoms with Crippen LogP contribution in [0.5, 0.6) is 0 Å². The van der Waals surface area contributed by atoms with E-state index in [0.717, 1.165) is 37.4 Å². The van der Waals surface area contributed by atoms with Crippen LogP contribution in [0.3, 0.4) is 0 Å². The van der Waals surface area contributed by atoms with E-state index in [9.17, 15) is 4.79 Å². The van der Waals surface area contributed by atoms with Crippen molar-refractivity contribution in [3.05, 3.63) is 42.0 Å². The van der Waals surface area contributed by atoms with Gasteiger partial charge in [0.2, 0.25) is 0 Å². The van der Waals surface area contributed by atoms with Gasteiger partial charge in [-0.15, -0.1) is 12.4 Å². The molecule has 0 spiro atoms. The van der Waals surface area contributed by atoms with Crippen molar-refractivity contribution < 1.29 is 9.21 Å². The number of rotatable bonds is 3. The van der Waals surface area contributed by atoms with E-state index in [2.05, 4.69) is 20.5 Å². The number of carbonyl (C=O) groups is 1. The summed E-state index contributed by atoms with van der Waals surface area (Å²) in [6.45, 7) is 5.74. The predicted molar refractivity (Wildman–Crippen MR) is 88.0 cm³/mol. The first-order valence-electron chi connectivity index (χ1n) is 7.01. The summed E-state index contributed by atoms with van der Waals surface area (Å²) in [4.78, 5) is 18.6. The van der Waals surface area contributed by atoms with Gasteiger partial charge in [-0.3, -0.25) is 4.79 Å². The number of nitrogens with one attached hydrogen (secondary N) is 2. The fourth-order valence-corrected chi connectivity index (χ4v) is 2.35. The second-order valence-corrected chi connectivity index (χ2v) is 5.03. The molecule has 2 aromatic rings. The molecule has 0 aromatic carbocycles. The van der Waals surface area contributed by atoms with E-state index in [1.54, 1.807) is 12.3 Å². The molecule has 0 unspecified atom stereocenters. The van der Waals surface area contributed by atoms with Crippen LogP contribution in [-0.2, 0) is 0 Å². The van der Waals surface area contributed by atoms with Crippen molar-refractivity contribution in [3.8, 4) is 0 Å². The van der Waals surface area contributed by atoms with Crippen molar-refractivity contribution >= 4 is 29.8 Å². The summed E-state index contributed by atoms with van der Waals surface area (Å²) in [5.74, 6) is 0.567. The van der Waals surface area contributed by atoms with Gasteiger partial charge in [0, 0.05) is 31.7 Å². The molecule has 3 heterocycles. The summed E-state index contributed by atoms with van der Waals surface area (Å²) >= 11 is 0. The zero-order chi connectivity index (χ0) is 14.7. The van der Waals surface area contributed by atoms with Crippen LogP contribution in [0.2, 0.25) is 0 Å². The Hall–Kier alpha value is -2.05. The van der Waals surface area contributed by atoms with Crippen LogP contribution >= 0.6 is 12.4 Å². The van der Waals surface area contributed by atoms with Gasteiger partial charge in [0.05, 0.1) is 18.1 Å². The molecular weight excluding hydrogens is 304 g/mol. The molecule has 22 heavy (non-hydrogen) atoms. The van der Waals surface area contributed by atoms with Gasteiger partial charge in [-0.1, -0.05) is 0 Å². The third-order valence-electron chi connectivity index (χ3n) is 3.54. The van der Waals surface area contributed by atoms with Crippen LogP contribution in [0.15, 0.2) is 35.1 Å². The van der Waals surface area contributed by atoms with E-state index in [1.807, 2.05) is 19.1 Å². The van der Waals surface area contributed by atoms with Crippen molar-refractivity contribution in [3.63, 3.8) is 0 Å². The molecule has 1 fully saturated rings. The lowest BCUT2D eigenvalue weighted by atomic mass is 10.2. The molecule has 0 aliphatic carbocycles. The first kappa shape index (κ1) is 16.3. The molecule has 0 atom stereocenters. The van der Waals surface area contributed by atoms with Gasteiger partial charge in [0.25, 0.3) is 5.91 Å². The third-order valence-corrected chi connectivity index (χ3v) is 3.54. The Labute approximate surface area is 135 Å². The summed E-state index contributed by atoms with van der Waals surface area (Å²) in [5, 5.41) is 6.05. The number of nitrogens with zero attached hydrogens (tertiary/aromatic N) is 2. The minimum Gasteiger partial charge on any atom is -0.459 e. The maximum Gasteiger partial charge on any atom is 0.292 e. The number of piperazine rings is 1. The Morgan fingerprint density at radius 3 is 2.68 bits per heavy atom. The molecule has 1 saturated heterocycles. The Bertz CT molecular complexity index is 621. The summed E-state index contributed by atoms with van der Waals surface area (Å²) < 4.78 is 5.16. The molecular formula is C15H19ClN4O2. The van der Waals surface area contributed by atoms with E-state index in [0.29, 0.717) is 11.6 Å². The lowest BCUT2D eigenvalue weighted by Crippen LogP contribution is -2.43. The van der Waals surface area contributed by atoms with Gasteiger partial charge >= 0.3 is 0 Å². The van der Waals surface area contributed by atoms with Crippen molar-refractivity contribution in [2.75, 3.05) is 36.4 Å². The normalized spacial score (nSPS) is 14.3. The summed E-state index contributed by atoms with van der Waals surface area (Å²) in [7, 11) is 0. The second kappa shape index (κ2) is 7.29. The number of aryl methyl sites for hydroxylation is 1. The molecule has 0 saturated carbocycles. The average Bonchev–Trinajstić information content (AvgIpc) is 2.95. The summed E-state index contributed by atoms with van der Waals surface area (Å²) in [5.41, 5.74) is 1.88. The smallest absolute Gasteiger partial charge is 0.292 e. The molecule has 118 valence electrons. The zero-order valence-electron chi connectivity index (χ0n) is 12.3. The molecule has 2 aromatic heterocycles. The number of amides is 1. The minimum absolute atomic E-state index is 0. The van der Waals surface area contributed by atoms with Gasteiger partial charge in [-0.05, 0) is 25.1 Å². The van der Waals surface area contributed by atoms with E-state index in [1.165, 1.54) is 6.26 Å². The fraction of sp³-hybridized carbons (Fsp3) is 0.333. The van der Waals surface area contributed by atoms with Crippen LogP contribution in [0.25, 0.3) is 0 Å². The Kier molecular flexibility index (Phi) is 5.41. The molecule has 0 radical (unpaired) electrons. The molecule has 2 N–H and O–H groups in total. The number of anilines is 2. The standard InChI is InChI=1S/C15H18N4O2.ClH/c1-11-4-9-21-14(11)15(20)18-13-3-2-12(10-17-13)19-7-5-16-6-8-19;/h2-4,9-10,16H,5-8H2,1H3,(H,17,18,20);1H. The molecule has 6 nitrogen and oxygen atoms in total. The number of furan rings is 1. The van der Waals surface area contributed by atoms with E-state index in [-0.39, 0.29) is 18.3 Å². The molecule has 7 heteroatoms. The number of aromatic nitrogens is 1. The second-order valence-electron chi connectivity index (χ2n) is 5.03. The highest BCUT2D eigenvalue weighted by Crippen LogP contribution is 2.17. The summed E-state index contributed by atoms with van der Waals surface area (Å²) in [6, 6.07) is 5.55. The average molecular weight is 323 g/mol. The van der Waals surface area contributed by atoms with Gasteiger partial charge in [0.15, 0.2) is 5.76 Å². The van der Waals surface area contributed by atoms with E-state index >= 15 is 0 Å². The Morgan fingerprint density at radius 2 is 2.09 bits per heavy atom. The SMILES string of the molecule is Cc1ccoc1C(=O)Nc1ccc(N2CCNCC2)cn1.Cl. The maximum absolute atomic E-state index is 12.0. The fourth-order valence-electron chi connectivity index (χ4n) is 2.35. The molecule has 0 bridgehead atoms. The van der Waals surface area contributed by atoms with Gasteiger partial charge in [-0.25, -0.2) is 4.98 Å². The van der Waals surface area contributed by atoms with Crippen molar-refractivity contribution in [1.82, 2.24) is 10.3 Å². The van der Waals surface area contributed by atoms with Crippen LogP contribution in [-0.4, -0.2) is 37.1 Å². The topological polar surface area (TPSA) is 70.4 Å². The quantitative estimate of drug-likeness (QED) is 0.905. The lowest BCUT2D eigenvalue weighted by Gasteiger charge is -2.29.